The van der Waals surface area contributed by atoms with Gasteiger partial charge in [0.15, 0.2) is 0 Å². The number of nitrogens with zero attached hydrogens (tertiary/aromatic N) is 3. The van der Waals surface area contributed by atoms with Crippen molar-refractivity contribution in [1.29, 1.82) is 0 Å². The number of benzene rings is 1. The fraction of sp³-hybridized carbons (Fsp3) is 0.471. The molecule has 5 nitrogen and oxygen atoms in total. The van der Waals surface area contributed by atoms with Crippen molar-refractivity contribution in [3.8, 4) is 11.5 Å². The molecule has 0 bridgehead atoms. The lowest BCUT2D eigenvalue weighted by Crippen LogP contribution is -2.43. The number of hydrogen-bond donors (Lipinski definition) is 0. The fourth-order valence-corrected chi connectivity index (χ4v) is 3.76. The number of thioether (sulfide) groups is 1. The van der Waals surface area contributed by atoms with Gasteiger partial charge in [-0.1, -0.05) is 37.7 Å². The van der Waals surface area contributed by atoms with Gasteiger partial charge in [-0.25, -0.2) is 4.39 Å². The number of piperidine rings is 1. The summed E-state index contributed by atoms with van der Waals surface area (Å²) in [4.78, 5) is 14.3. The van der Waals surface area contributed by atoms with E-state index < -0.39 is 5.82 Å². The van der Waals surface area contributed by atoms with Crippen LogP contribution in [0.1, 0.15) is 20.3 Å². The van der Waals surface area contributed by atoms with Crippen molar-refractivity contribution in [2.45, 2.75) is 25.5 Å². The molecule has 1 amide bonds. The largest absolute Gasteiger partial charge is 0.411 e. The molecule has 0 radical (unpaired) electrons. The summed E-state index contributed by atoms with van der Waals surface area (Å²) in [6, 6.07) is 6.23. The number of carbonyl (C=O) groups excluding carboxylic acids is 1. The number of rotatable bonds is 4. The van der Waals surface area contributed by atoms with E-state index in [2.05, 4.69) is 24.0 Å². The van der Waals surface area contributed by atoms with Gasteiger partial charge in [0, 0.05) is 13.1 Å². The minimum Gasteiger partial charge on any atom is -0.411 e. The molecule has 0 aliphatic carbocycles. The highest BCUT2D eigenvalue weighted by molar-refractivity contribution is 7.99. The Labute approximate surface area is 144 Å². The zero-order valence-corrected chi connectivity index (χ0v) is 14.6. The summed E-state index contributed by atoms with van der Waals surface area (Å²) in [5.41, 5.74) is 0.266. The van der Waals surface area contributed by atoms with Crippen molar-refractivity contribution >= 4 is 17.7 Å². The molecule has 1 aromatic heterocycles. The van der Waals surface area contributed by atoms with Crippen LogP contribution in [0.2, 0.25) is 0 Å². The Morgan fingerprint density at radius 1 is 1.29 bits per heavy atom. The van der Waals surface area contributed by atoms with Crippen LogP contribution in [-0.4, -0.2) is 39.8 Å². The number of amides is 1. The molecule has 1 aromatic carbocycles. The molecule has 2 heterocycles. The summed E-state index contributed by atoms with van der Waals surface area (Å²) >= 11 is 1.19. The Bertz CT molecular complexity index is 711. The van der Waals surface area contributed by atoms with Gasteiger partial charge in [-0.05, 0) is 30.4 Å². The van der Waals surface area contributed by atoms with Gasteiger partial charge in [-0.15, -0.1) is 10.2 Å². The fourth-order valence-electron chi connectivity index (χ4n) is 3.09. The van der Waals surface area contributed by atoms with Gasteiger partial charge in [0.2, 0.25) is 5.91 Å². The minimum absolute atomic E-state index is 0.0732. The highest BCUT2D eigenvalue weighted by Gasteiger charge is 2.25. The van der Waals surface area contributed by atoms with Crippen molar-refractivity contribution in [3.63, 3.8) is 0 Å². The summed E-state index contributed by atoms with van der Waals surface area (Å²) < 4.78 is 19.2. The first-order valence-corrected chi connectivity index (χ1v) is 9.00. The molecule has 1 fully saturated rings. The molecule has 3 rings (SSSR count). The SMILES string of the molecule is C[C@@H]1C[C@H](C)CN(C(=O)CSc2nnc(-c3ccccc3F)o2)C1. The molecular weight excluding hydrogens is 329 g/mol. The van der Waals surface area contributed by atoms with Gasteiger partial charge >= 0.3 is 0 Å². The molecular formula is C17H20FN3O2S. The standard InChI is InChI=1S/C17H20FN3O2S/c1-11-7-12(2)9-21(8-11)15(22)10-24-17-20-19-16(23-17)13-5-3-4-6-14(13)18/h3-6,11-12H,7-10H2,1-2H3/t11-,12+. The van der Waals surface area contributed by atoms with Crippen molar-refractivity contribution in [2.75, 3.05) is 18.8 Å². The maximum atomic E-state index is 13.7. The van der Waals surface area contributed by atoms with Crippen LogP contribution in [0.15, 0.2) is 33.9 Å². The monoisotopic (exact) mass is 349 g/mol. The highest BCUT2D eigenvalue weighted by Crippen LogP contribution is 2.26. The number of halogens is 1. The Morgan fingerprint density at radius 3 is 2.71 bits per heavy atom. The molecule has 24 heavy (non-hydrogen) atoms. The molecule has 0 spiro atoms. The second kappa shape index (κ2) is 7.34. The second-order valence-corrected chi connectivity index (χ2v) is 7.31. The smallest absolute Gasteiger partial charge is 0.277 e. The van der Waals surface area contributed by atoms with Gasteiger partial charge in [0.25, 0.3) is 11.1 Å². The molecule has 2 atom stereocenters. The molecule has 7 heteroatoms. The molecule has 1 aliphatic heterocycles. The van der Waals surface area contributed by atoms with E-state index in [0.29, 0.717) is 11.8 Å². The average Bonchev–Trinajstić information content (AvgIpc) is 3.01. The van der Waals surface area contributed by atoms with Crippen LogP contribution in [0.25, 0.3) is 11.5 Å². The lowest BCUT2D eigenvalue weighted by atomic mass is 9.92. The molecule has 0 saturated carbocycles. The van der Waals surface area contributed by atoms with Gasteiger partial charge < -0.3 is 9.32 Å². The Kier molecular flexibility index (Phi) is 5.18. The van der Waals surface area contributed by atoms with E-state index in [4.69, 9.17) is 4.42 Å². The van der Waals surface area contributed by atoms with Gasteiger partial charge in [-0.3, -0.25) is 4.79 Å². The van der Waals surface area contributed by atoms with E-state index in [0.717, 1.165) is 19.5 Å². The van der Waals surface area contributed by atoms with E-state index in [1.54, 1.807) is 18.2 Å². The van der Waals surface area contributed by atoms with E-state index in [9.17, 15) is 9.18 Å². The second-order valence-electron chi connectivity index (χ2n) is 6.39. The molecule has 2 aromatic rings. The third kappa shape index (κ3) is 3.95. The molecule has 0 N–H and O–H groups in total. The Balaban J connectivity index is 1.59. The number of aromatic nitrogens is 2. The highest BCUT2D eigenvalue weighted by atomic mass is 32.2. The van der Waals surface area contributed by atoms with Crippen molar-refractivity contribution < 1.29 is 13.6 Å². The van der Waals surface area contributed by atoms with Crippen LogP contribution in [-0.2, 0) is 4.79 Å². The Hall–Kier alpha value is -1.89. The minimum atomic E-state index is -0.412. The summed E-state index contributed by atoms with van der Waals surface area (Å²) in [6.45, 7) is 5.94. The van der Waals surface area contributed by atoms with Gasteiger partial charge in [-0.2, -0.15) is 0 Å². The average molecular weight is 349 g/mol. The third-order valence-corrected chi connectivity index (χ3v) is 4.85. The van der Waals surface area contributed by atoms with Crippen LogP contribution in [0.5, 0.6) is 0 Å². The number of likely N-dealkylation sites (tertiary alicyclic amines) is 1. The molecule has 1 saturated heterocycles. The van der Waals surface area contributed by atoms with Crippen molar-refractivity contribution in [1.82, 2.24) is 15.1 Å². The van der Waals surface area contributed by atoms with Crippen molar-refractivity contribution in [2.24, 2.45) is 11.8 Å². The number of hydrogen-bond acceptors (Lipinski definition) is 5. The van der Waals surface area contributed by atoms with Gasteiger partial charge in [0.05, 0.1) is 11.3 Å². The lowest BCUT2D eigenvalue weighted by Gasteiger charge is -2.34. The third-order valence-electron chi connectivity index (χ3n) is 4.05. The van der Waals surface area contributed by atoms with Crippen LogP contribution < -0.4 is 0 Å². The Morgan fingerprint density at radius 2 is 2.00 bits per heavy atom. The van der Waals surface area contributed by atoms with Gasteiger partial charge in [0.1, 0.15) is 5.82 Å². The van der Waals surface area contributed by atoms with Crippen LogP contribution in [0, 0.1) is 17.7 Å². The summed E-state index contributed by atoms with van der Waals surface area (Å²) in [6.07, 6.45) is 1.16. The maximum absolute atomic E-state index is 13.7. The lowest BCUT2D eigenvalue weighted by molar-refractivity contribution is -0.130. The summed E-state index contributed by atoms with van der Waals surface area (Å²) in [5, 5.41) is 8.03. The van der Waals surface area contributed by atoms with E-state index >= 15 is 0 Å². The summed E-state index contributed by atoms with van der Waals surface area (Å²) in [5.74, 6) is 1.09. The topological polar surface area (TPSA) is 59.2 Å². The molecule has 1 aliphatic rings. The first-order chi connectivity index (χ1) is 11.5. The predicted octanol–water partition coefficient (Wildman–Crippen LogP) is 3.47. The van der Waals surface area contributed by atoms with E-state index in [1.807, 2.05) is 4.90 Å². The predicted molar refractivity (Wildman–Crippen MR) is 89.9 cm³/mol. The van der Waals surface area contributed by atoms with E-state index in [-0.39, 0.29) is 28.3 Å². The molecule has 128 valence electrons. The maximum Gasteiger partial charge on any atom is 0.277 e. The van der Waals surface area contributed by atoms with Crippen LogP contribution >= 0.6 is 11.8 Å². The first-order valence-electron chi connectivity index (χ1n) is 8.02. The van der Waals surface area contributed by atoms with E-state index in [1.165, 1.54) is 17.8 Å². The van der Waals surface area contributed by atoms with Crippen LogP contribution in [0.4, 0.5) is 4.39 Å². The summed E-state index contributed by atoms with van der Waals surface area (Å²) in [7, 11) is 0. The zero-order valence-electron chi connectivity index (χ0n) is 13.7. The first kappa shape index (κ1) is 17.0. The quantitative estimate of drug-likeness (QED) is 0.791. The molecule has 0 unspecified atom stereocenters. The van der Waals surface area contributed by atoms with Crippen LogP contribution in [0.3, 0.4) is 0 Å². The van der Waals surface area contributed by atoms with Crippen molar-refractivity contribution in [3.05, 3.63) is 30.1 Å². The zero-order chi connectivity index (χ0) is 17.1. The normalized spacial score (nSPS) is 21.0. The number of carbonyl (C=O) groups is 1.